The number of carboxylic acids is 1. The van der Waals surface area contributed by atoms with Gasteiger partial charge in [-0.05, 0) is 57.1 Å². The lowest BCUT2D eigenvalue weighted by Gasteiger charge is -2.29. The van der Waals surface area contributed by atoms with E-state index in [0.717, 1.165) is 31.7 Å². The molecule has 0 bridgehead atoms. The van der Waals surface area contributed by atoms with Gasteiger partial charge in [-0.1, -0.05) is 6.42 Å². The second kappa shape index (κ2) is 8.67. The number of carbonyl (C=O) groups is 2. The third-order valence-corrected chi connectivity index (χ3v) is 4.17. The standard InChI is InChI=1S/C18H25NO4/c1-2-23-16-8-6-14(7-9-16)18(22)15(12-17(20)21)13-19-10-4-3-5-11-19/h6-9,15H,2-5,10-13H2,1H3,(H,20,21). The molecular formula is C18H25NO4. The lowest BCUT2D eigenvalue weighted by atomic mass is 9.93. The van der Waals surface area contributed by atoms with Crippen molar-refractivity contribution in [2.75, 3.05) is 26.2 Å². The smallest absolute Gasteiger partial charge is 0.304 e. The number of aliphatic carboxylic acids is 1. The first-order valence-corrected chi connectivity index (χ1v) is 8.31. The quantitative estimate of drug-likeness (QED) is 0.746. The molecule has 1 saturated heterocycles. The molecule has 0 aromatic heterocycles. The number of piperidine rings is 1. The highest BCUT2D eigenvalue weighted by Gasteiger charge is 2.26. The summed E-state index contributed by atoms with van der Waals surface area (Å²) >= 11 is 0. The summed E-state index contributed by atoms with van der Waals surface area (Å²) in [6.45, 7) is 4.90. The highest BCUT2D eigenvalue weighted by Crippen LogP contribution is 2.20. The highest BCUT2D eigenvalue weighted by molar-refractivity contribution is 5.99. The van der Waals surface area contributed by atoms with Crippen LogP contribution in [0.3, 0.4) is 0 Å². The van der Waals surface area contributed by atoms with Gasteiger partial charge in [0.1, 0.15) is 5.75 Å². The Balaban J connectivity index is 2.06. The summed E-state index contributed by atoms with van der Waals surface area (Å²) in [6, 6.07) is 6.96. The van der Waals surface area contributed by atoms with Crippen molar-refractivity contribution in [2.24, 2.45) is 5.92 Å². The van der Waals surface area contributed by atoms with Crippen molar-refractivity contribution >= 4 is 11.8 Å². The number of carbonyl (C=O) groups excluding carboxylic acids is 1. The van der Waals surface area contributed by atoms with Gasteiger partial charge in [0.15, 0.2) is 5.78 Å². The SMILES string of the molecule is CCOc1ccc(C(=O)C(CC(=O)O)CN2CCCCC2)cc1. The van der Waals surface area contributed by atoms with Gasteiger partial charge in [0.2, 0.25) is 0 Å². The van der Waals surface area contributed by atoms with E-state index in [2.05, 4.69) is 4.90 Å². The number of Topliss-reactive ketones (excluding diaryl/α,β-unsaturated/α-hetero) is 1. The third kappa shape index (κ3) is 5.36. The maximum Gasteiger partial charge on any atom is 0.304 e. The van der Waals surface area contributed by atoms with E-state index in [9.17, 15) is 9.59 Å². The lowest BCUT2D eigenvalue weighted by molar-refractivity contribution is -0.137. The Bertz CT molecular complexity index is 520. The number of carboxylic acid groups (broad SMARTS) is 1. The zero-order valence-electron chi connectivity index (χ0n) is 13.7. The molecule has 1 atom stereocenters. The molecule has 126 valence electrons. The molecule has 0 spiro atoms. The fourth-order valence-electron chi connectivity index (χ4n) is 3.02. The van der Waals surface area contributed by atoms with E-state index in [1.165, 1.54) is 6.42 Å². The molecule has 5 nitrogen and oxygen atoms in total. The molecule has 5 heteroatoms. The van der Waals surface area contributed by atoms with Crippen molar-refractivity contribution in [1.82, 2.24) is 4.90 Å². The maximum atomic E-state index is 12.7. The number of likely N-dealkylation sites (tertiary alicyclic amines) is 1. The lowest BCUT2D eigenvalue weighted by Crippen LogP contribution is -2.37. The summed E-state index contributed by atoms with van der Waals surface area (Å²) in [7, 11) is 0. The first-order chi connectivity index (χ1) is 11.1. The average Bonchev–Trinajstić information content (AvgIpc) is 2.55. The highest BCUT2D eigenvalue weighted by atomic mass is 16.5. The Kier molecular flexibility index (Phi) is 6.59. The van der Waals surface area contributed by atoms with Crippen LogP contribution >= 0.6 is 0 Å². The molecule has 2 rings (SSSR count). The number of hydrogen-bond donors (Lipinski definition) is 1. The normalized spacial score (nSPS) is 16.7. The molecule has 0 saturated carbocycles. The first-order valence-electron chi connectivity index (χ1n) is 8.31. The number of nitrogens with zero attached hydrogens (tertiary/aromatic N) is 1. The Morgan fingerprint density at radius 2 is 1.83 bits per heavy atom. The summed E-state index contributed by atoms with van der Waals surface area (Å²) in [5, 5.41) is 9.13. The van der Waals surface area contributed by atoms with Crippen LogP contribution in [-0.4, -0.2) is 48.0 Å². The van der Waals surface area contributed by atoms with Gasteiger partial charge in [0, 0.05) is 18.0 Å². The van der Waals surface area contributed by atoms with Gasteiger partial charge in [-0.3, -0.25) is 9.59 Å². The largest absolute Gasteiger partial charge is 0.494 e. The zero-order valence-corrected chi connectivity index (χ0v) is 13.7. The molecule has 1 aliphatic heterocycles. The molecule has 1 aromatic rings. The first kappa shape index (κ1) is 17.5. The van der Waals surface area contributed by atoms with Gasteiger partial charge >= 0.3 is 5.97 Å². The molecule has 1 N–H and O–H groups in total. The predicted octanol–water partition coefficient (Wildman–Crippen LogP) is 2.84. The summed E-state index contributed by atoms with van der Waals surface area (Å²) < 4.78 is 5.37. The fourth-order valence-corrected chi connectivity index (χ4v) is 3.02. The number of ether oxygens (including phenoxy) is 1. The van der Waals surface area contributed by atoms with E-state index in [0.29, 0.717) is 18.7 Å². The van der Waals surface area contributed by atoms with Crippen molar-refractivity contribution in [3.05, 3.63) is 29.8 Å². The maximum absolute atomic E-state index is 12.7. The molecule has 0 amide bonds. The molecule has 1 fully saturated rings. The van der Waals surface area contributed by atoms with Crippen molar-refractivity contribution in [2.45, 2.75) is 32.6 Å². The van der Waals surface area contributed by atoms with E-state index in [1.807, 2.05) is 6.92 Å². The molecule has 1 heterocycles. The van der Waals surface area contributed by atoms with Gasteiger partial charge in [-0.15, -0.1) is 0 Å². The van der Waals surface area contributed by atoms with Crippen LogP contribution in [0.5, 0.6) is 5.75 Å². The van der Waals surface area contributed by atoms with Gasteiger partial charge in [-0.2, -0.15) is 0 Å². The molecule has 1 aromatic carbocycles. The van der Waals surface area contributed by atoms with Gasteiger partial charge in [0.05, 0.1) is 13.0 Å². The number of hydrogen-bond acceptors (Lipinski definition) is 4. The Morgan fingerprint density at radius 3 is 2.39 bits per heavy atom. The van der Waals surface area contributed by atoms with Crippen LogP contribution < -0.4 is 4.74 Å². The molecule has 0 radical (unpaired) electrons. The molecule has 1 aliphatic rings. The van der Waals surface area contributed by atoms with Gasteiger partial charge in [-0.25, -0.2) is 0 Å². The summed E-state index contributed by atoms with van der Waals surface area (Å²) in [5.74, 6) is -0.800. The fraction of sp³-hybridized carbons (Fsp3) is 0.556. The van der Waals surface area contributed by atoms with E-state index in [1.54, 1.807) is 24.3 Å². The molecular weight excluding hydrogens is 294 g/mol. The summed E-state index contributed by atoms with van der Waals surface area (Å²) in [4.78, 5) is 26.0. The molecule has 0 aliphatic carbocycles. The number of ketones is 1. The van der Waals surface area contributed by atoms with E-state index >= 15 is 0 Å². The van der Waals surface area contributed by atoms with Crippen LogP contribution in [0.25, 0.3) is 0 Å². The van der Waals surface area contributed by atoms with E-state index in [-0.39, 0.29) is 12.2 Å². The number of benzene rings is 1. The zero-order chi connectivity index (χ0) is 16.7. The third-order valence-electron chi connectivity index (χ3n) is 4.17. The Hall–Kier alpha value is -1.88. The van der Waals surface area contributed by atoms with Crippen molar-refractivity contribution < 1.29 is 19.4 Å². The van der Waals surface area contributed by atoms with Crippen molar-refractivity contribution in [3.8, 4) is 5.75 Å². The van der Waals surface area contributed by atoms with Crippen LogP contribution in [0.15, 0.2) is 24.3 Å². The van der Waals surface area contributed by atoms with Gasteiger partial charge < -0.3 is 14.7 Å². The minimum atomic E-state index is -0.925. The van der Waals surface area contributed by atoms with Gasteiger partial charge in [0.25, 0.3) is 0 Å². The monoisotopic (exact) mass is 319 g/mol. The number of rotatable bonds is 8. The van der Waals surface area contributed by atoms with Crippen LogP contribution in [0.4, 0.5) is 0 Å². The summed E-state index contributed by atoms with van der Waals surface area (Å²) in [6.07, 6.45) is 3.34. The van der Waals surface area contributed by atoms with E-state index < -0.39 is 11.9 Å². The van der Waals surface area contributed by atoms with Crippen LogP contribution in [0.2, 0.25) is 0 Å². The average molecular weight is 319 g/mol. The second-order valence-corrected chi connectivity index (χ2v) is 5.98. The Morgan fingerprint density at radius 1 is 1.17 bits per heavy atom. The summed E-state index contributed by atoms with van der Waals surface area (Å²) in [5.41, 5.74) is 0.553. The van der Waals surface area contributed by atoms with Crippen LogP contribution in [0, 0.1) is 5.92 Å². The second-order valence-electron chi connectivity index (χ2n) is 5.98. The minimum absolute atomic E-state index is 0.0963. The van der Waals surface area contributed by atoms with Crippen molar-refractivity contribution in [1.29, 1.82) is 0 Å². The van der Waals surface area contributed by atoms with Crippen LogP contribution in [0.1, 0.15) is 43.0 Å². The Labute approximate surface area is 137 Å². The molecule has 1 unspecified atom stereocenters. The van der Waals surface area contributed by atoms with Crippen molar-refractivity contribution in [3.63, 3.8) is 0 Å². The molecule has 23 heavy (non-hydrogen) atoms. The van der Waals surface area contributed by atoms with Crippen LogP contribution in [-0.2, 0) is 4.79 Å². The topological polar surface area (TPSA) is 66.8 Å². The predicted molar refractivity (Wildman–Crippen MR) is 88.0 cm³/mol. The van der Waals surface area contributed by atoms with E-state index in [4.69, 9.17) is 9.84 Å². The minimum Gasteiger partial charge on any atom is -0.494 e.